The zero-order valence-corrected chi connectivity index (χ0v) is 14.7. The Balaban J connectivity index is 1.93. The second-order valence-corrected chi connectivity index (χ2v) is 6.59. The minimum atomic E-state index is -4.51. The van der Waals surface area contributed by atoms with Crippen LogP contribution < -0.4 is 10.2 Å². The summed E-state index contributed by atoms with van der Waals surface area (Å²) in [5.41, 5.74) is 0.0347. The summed E-state index contributed by atoms with van der Waals surface area (Å²) in [6, 6.07) is 8.27. The fourth-order valence-electron chi connectivity index (χ4n) is 3.20. The molecule has 0 unspecified atom stereocenters. The molecular weight excluding hydrogens is 360 g/mol. The Morgan fingerprint density at radius 2 is 1.56 bits per heavy atom. The molecule has 7 heteroatoms. The minimum Gasteiger partial charge on any atom is -0.370 e. The van der Waals surface area contributed by atoms with E-state index in [9.17, 15) is 22.4 Å². The highest BCUT2D eigenvalue weighted by molar-refractivity contribution is 6.06. The lowest BCUT2D eigenvalue weighted by molar-refractivity contribution is -0.137. The molecule has 1 N–H and O–H groups in total. The smallest absolute Gasteiger partial charge is 0.370 e. The molecule has 1 aliphatic heterocycles. The monoisotopic (exact) mass is 380 g/mol. The standard InChI is InChI=1S/C20H20F4N2O/c21-16-8-5-14(6-9-16)19(27)25-17-13-15(20(22,23)24)7-10-18(17)26-11-3-1-2-4-12-26/h5-10,13H,1-4,11-12H2,(H,25,27). The van der Waals surface area contributed by atoms with Crippen LogP contribution in [0.15, 0.2) is 42.5 Å². The van der Waals surface area contributed by atoms with Gasteiger partial charge in [-0.3, -0.25) is 4.79 Å². The van der Waals surface area contributed by atoms with E-state index < -0.39 is 23.5 Å². The van der Waals surface area contributed by atoms with Crippen LogP contribution >= 0.6 is 0 Å². The van der Waals surface area contributed by atoms with Gasteiger partial charge in [-0.25, -0.2) is 4.39 Å². The number of carbonyl (C=O) groups excluding carboxylic acids is 1. The molecule has 0 aromatic heterocycles. The maximum Gasteiger partial charge on any atom is 0.416 e. The van der Waals surface area contributed by atoms with Crippen LogP contribution in [0.5, 0.6) is 0 Å². The third-order valence-corrected chi connectivity index (χ3v) is 4.63. The molecule has 1 saturated heterocycles. The van der Waals surface area contributed by atoms with Crippen LogP contribution in [0, 0.1) is 5.82 Å². The first-order valence-corrected chi connectivity index (χ1v) is 8.88. The van der Waals surface area contributed by atoms with Crippen molar-refractivity contribution in [2.45, 2.75) is 31.9 Å². The average molecular weight is 380 g/mol. The summed E-state index contributed by atoms with van der Waals surface area (Å²) in [6.07, 6.45) is -0.450. The van der Waals surface area contributed by atoms with Crippen molar-refractivity contribution in [2.75, 3.05) is 23.3 Å². The van der Waals surface area contributed by atoms with Gasteiger partial charge in [0.15, 0.2) is 0 Å². The molecule has 3 nitrogen and oxygen atoms in total. The van der Waals surface area contributed by atoms with Crippen LogP contribution in [0.3, 0.4) is 0 Å². The van der Waals surface area contributed by atoms with E-state index in [4.69, 9.17) is 0 Å². The number of rotatable bonds is 3. The fraction of sp³-hybridized carbons (Fsp3) is 0.350. The summed E-state index contributed by atoms with van der Waals surface area (Å²) >= 11 is 0. The SMILES string of the molecule is O=C(Nc1cc(C(F)(F)F)ccc1N1CCCCCC1)c1ccc(F)cc1. The number of nitrogens with one attached hydrogen (secondary N) is 1. The molecule has 1 amide bonds. The number of amides is 1. The van der Waals surface area contributed by atoms with Crippen LogP contribution in [0.1, 0.15) is 41.6 Å². The molecule has 1 aliphatic rings. The predicted molar refractivity (Wildman–Crippen MR) is 96.5 cm³/mol. The van der Waals surface area contributed by atoms with Gasteiger partial charge in [0.05, 0.1) is 16.9 Å². The number of hydrogen-bond donors (Lipinski definition) is 1. The Morgan fingerprint density at radius 3 is 2.15 bits per heavy atom. The van der Waals surface area contributed by atoms with Gasteiger partial charge in [0, 0.05) is 18.7 Å². The summed E-state index contributed by atoms with van der Waals surface area (Å²) in [4.78, 5) is 14.5. The maximum absolute atomic E-state index is 13.1. The maximum atomic E-state index is 13.1. The van der Waals surface area contributed by atoms with Gasteiger partial charge in [0.1, 0.15) is 5.82 Å². The van der Waals surface area contributed by atoms with Crippen molar-refractivity contribution in [2.24, 2.45) is 0 Å². The van der Waals surface area contributed by atoms with Crippen LogP contribution in [0.2, 0.25) is 0 Å². The highest BCUT2D eigenvalue weighted by Crippen LogP contribution is 2.36. The largest absolute Gasteiger partial charge is 0.416 e. The second kappa shape index (κ2) is 7.98. The predicted octanol–water partition coefficient (Wildman–Crippen LogP) is 5.48. The van der Waals surface area contributed by atoms with E-state index in [1.54, 1.807) is 0 Å². The van der Waals surface area contributed by atoms with Gasteiger partial charge in [-0.1, -0.05) is 12.8 Å². The average Bonchev–Trinajstić information content (AvgIpc) is 2.90. The van der Waals surface area contributed by atoms with E-state index in [2.05, 4.69) is 5.32 Å². The van der Waals surface area contributed by atoms with Crippen molar-refractivity contribution in [1.82, 2.24) is 0 Å². The molecule has 0 saturated carbocycles. The Hall–Kier alpha value is -2.57. The number of anilines is 2. The molecular formula is C20H20F4N2O. The molecule has 0 bridgehead atoms. The first-order chi connectivity index (χ1) is 12.8. The van der Waals surface area contributed by atoms with Crippen molar-refractivity contribution in [3.05, 3.63) is 59.4 Å². The summed E-state index contributed by atoms with van der Waals surface area (Å²) in [5, 5.41) is 2.57. The van der Waals surface area contributed by atoms with E-state index in [0.717, 1.165) is 63.0 Å². The molecule has 0 aliphatic carbocycles. The third kappa shape index (κ3) is 4.78. The van der Waals surface area contributed by atoms with Gasteiger partial charge in [0.2, 0.25) is 0 Å². The Labute approximate surface area is 155 Å². The van der Waals surface area contributed by atoms with E-state index in [0.29, 0.717) is 5.69 Å². The fourth-order valence-corrected chi connectivity index (χ4v) is 3.20. The molecule has 0 spiro atoms. The van der Waals surface area contributed by atoms with E-state index in [1.807, 2.05) is 4.90 Å². The lowest BCUT2D eigenvalue weighted by Crippen LogP contribution is -2.26. The number of hydrogen-bond acceptors (Lipinski definition) is 2. The molecule has 1 heterocycles. The summed E-state index contributed by atoms with van der Waals surface area (Å²) in [5.74, 6) is -1.07. The number of carbonyl (C=O) groups is 1. The Morgan fingerprint density at radius 1 is 0.926 bits per heavy atom. The molecule has 0 radical (unpaired) electrons. The van der Waals surface area contributed by atoms with E-state index in [-0.39, 0.29) is 11.3 Å². The van der Waals surface area contributed by atoms with Crippen molar-refractivity contribution in [1.29, 1.82) is 0 Å². The van der Waals surface area contributed by atoms with Crippen molar-refractivity contribution >= 4 is 17.3 Å². The lowest BCUT2D eigenvalue weighted by Gasteiger charge is -2.26. The van der Waals surface area contributed by atoms with E-state index >= 15 is 0 Å². The third-order valence-electron chi connectivity index (χ3n) is 4.63. The molecule has 0 atom stereocenters. The van der Waals surface area contributed by atoms with Crippen molar-refractivity contribution in [3.63, 3.8) is 0 Å². The topological polar surface area (TPSA) is 32.3 Å². The molecule has 1 fully saturated rings. The van der Waals surface area contributed by atoms with Crippen LogP contribution in [0.25, 0.3) is 0 Å². The normalized spacial score (nSPS) is 15.3. The molecule has 2 aromatic carbocycles. The second-order valence-electron chi connectivity index (χ2n) is 6.59. The quantitative estimate of drug-likeness (QED) is 0.716. The van der Waals surface area contributed by atoms with Crippen molar-refractivity contribution in [3.8, 4) is 0 Å². The molecule has 2 aromatic rings. The number of halogens is 4. The number of nitrogens with zero attached hydrogens (tertiary/aromatic N) is 1. The van der Waals surface area contributed by atoms with Gasteiger partial charge in [-0.15, -0.1) is 0 Å². The minimum absolute atomic E-state index is 0.112. The highest BCUT2D eigenvalue weighted by Gasteiger charge is 2.31. The Kier molecular flexibility index (Phi) is 5.68. The van der Waals surface area contributed by atoms with Gasteiger partial charge >= 0.3 is 6.18 Å². The van der Waals surface area contributed by atoms with Gasteiger partial charge < -0.3 is 10.2 Å². The van der Waals surface area contributed by atoms with Gasteiger partial charge in [0.25, 0.3) is 5.91 Å². The zero-order valence-electron chi connectivity index (χ0n) is 14.7. The molecule has 144 valence electrons. The number of benzene rings is 2. The summed E-state index contributed by atoms with van der Waals surface area (Å²) < 4.78 is 52.5. The van der Waals surface area contributed by atoms with Gasteiger partial charge in [-0.05, 0) is 55.3 Å². The summed E-state index contributed by atoms with van der Waals surface area (Å²) in [7, 11) is 0. The highest BCUT2D eigenvalue weighted by atomic mass is 19.4. The van der Waals surface area contributed by atoms with Crippen molar-refractivity contribution < 1.29 is 22.4 Å². The van der Waals surface area contributed by atoms with Gasteiger partial charge in [-0.2, -0.15) is 13.2 Å². The van der Waals surface area contributed by atoms with Crippen LogP contribution in [-0.2, 0) is 6.18 Å². The summed E-state index contributed by atoms with van der Waals surface area (Å²) in [6.45, 7) is 1.45. The first-order valence-electron chi connectivity index (χ1n) is 8.88. The lowest BCUT2D eigenvalue weighted by atomic mass is 10.1. The molecule has 3 rings (SSSR count). The Bertz CT molecular complexity index is 795. The van der Waals surface area contributed by atoms with Crippen LogP contribution in [-0.4, -0.2) is 19.0 Å². The van der Waals surface area contributed by atoms with E-state index in [1.165, 1.54) is 18.2 Å². The molecule has 27 heavy (non-hydrogen) atoms. The zero-order chi connectivity index (χ0) is 19.4. The number of alkyl halides is 3. The first kappa shape index (κ1) is 19.2. The van der Waals surface area contributed by atoms with Crippen LogP contribution in [0.4, 0.5) is 28.9 Å².